The van der Waals surface area contributed by atoms with Gasteiger partial charge >= 0.3 is 0 Å². The van der Waals surface area contributed by atoms with Crippen LogP contribution in [0, 0.1) is 10.4 Å². The molecule has 140 valence electrons. The van der Waals surface area contributed by atoms with E-state index in [2.05, 4.69) is 54.6 Å². The largest absolute Gasteiger partial charge is 0.493 e. The van der Waals surface area contributed by atoms with E-state index < -0.39 is 0 Å². The fourth-order valence-corrected chi connectivity index (χ4v) is 4.72. The molecule has 0 amide bonds. The van der Waals surface area contributed by atoms with E-state index in [1.54, 1.807) is 14.2 Å². The topological polar surface area (TPSA) is 18.5 Å². The normalized spacial score (nSPS) is 14.4. The van der Waals surface area contributed by atoms with Crippen LogP contribution in [0.3, 0.4) is 0 Å². The third-order valence-corrected chi connectivity index (χ3v) is 6.09. The van der Waals surface area contributed by atoms with Crippen LogP contribution in [0.2, 0.25) is 0 Å². The zero-order chi connectivity index (χ0) is 19.1. The summed E-state index contributed by atoms with van der Waals surface area (Å²) in [6.45, 7) is 0. The van der Waals surface area contributed by atoms with Gasteiger partial charge in [0.05, 0.1) is 14.2 Å². The second-order valence-electron chi connectivity index (χ2n) is 7.53. The first-order chi connectivity index (χ1) is 13.8. The quantitative estimate of drug-likeness (QED) is 0.699. The van der Waals surface area contributed by atoms with Crippen LogP contribution in [0.5, 0.6) is 11.5 Å². The molecule has 0 aliphatic heterocycles. The van der Waals surface area contributed by atoms with Crippen LogP contribution in [0.1, 0.15) is 29.5 Å². The van der Waals surface area contributed by atoms with E-state index in [1.165, 1.54) is 62.4 Å². The summed E-state index contributed by atoms with van der Waals surface area (Å²) in [6.07, 6.45) is 6.97. The van der Waals surface area contributed by atoms with Crippen molar-refractivity contribution in [3.63, 3.8) is 0 Å². The molecule has 0 heterocycles. The van der Waals surface area contributed by atoms with Crippen molar-refractivity contribution in [2.75, 3.05) is 14.2 Å². The molecule has 0 unspecified atom stereocenters. The van der Waals surface area contributed by atoms with Crippen LogP contribution >= 0.6 is 0 Å². The number of hydrogen-bond acceptors (Lipinski definition) is 2. The van der Waals surface area contributed by atoms with Crippen LogP contribution in [-0.4, -0.2) is 14.2 Å². The Kier molecular flexibility index (Phi) is 4.20. The smallest absolute Gasteiger partial charge is 0.161 e. The average molecular weight is 368 g/mol. The molecule has 0 aromatic heterocycles. The molecular formula is C26H24O2. The number of ether oxygens (including phenoxy) is 2. The highest BCUT2D eigenvalue weighted by molar-refractivity contribution is 5.72. The molecule has 3 aromatic rings. The zero-order valence-electron chi connectivity index (χ0n) is 16.4. The van der Waals surface area contributed by atoms with Gasteiger partial charge in [-0.15, -0.1) is 0 Å². The van der Waals surface area contributed by atoms with Gasteiger partial charge in [-0.3, -0.25) is 0 Å². The number of methoxy groups -OCH3 is 2. The summed E-state index contributed by atoms with van der Waals surface area (Å²) in [5, 5.41) is 5.48. The fourth-order valence-electron chi connectivity index (χ4n) is 4.72. The first-order valence-corrected chi connectivity index (χ1v) is 9.96. The monoisotopic (exact) mass is 368 g/mol. The lowest BCUT2D eigenvalue weighted by Gasteiger charge is -2.21. The van der Waals surface area contributed by atoms with Crippen molar-refractivity contribution in [2.45, 2.75) is 25.7 Å². The highest BCUT2D eigenvalue weighted by Crippen LogP contribution is 2.32. The Morgan fingerprint density at radius 2 is 1.57 bits per heavy atom. The average Bonchev–Trinajstić information content (AvgIpc) is 2.77. The molecule has 0 saturated carbocycles. The Bertz CT molecular complexity index is 1280. The number of fused-ring (bicyclic) bond motifs is 4. The van der Waals surface area contributed by atoms with Crippen LogP contribution in [0.25, 0.3) is 11.6 Å². The summed E-state index contributed by atoms with van der Waals surface area (Å²) in [4.78, 5) is 0. The van der Waals surface area contributed by atoms with Crippen LogP contribution < -0.4 is 19.9 Å². The molecule has 2 aliphatic rings. The second kappa shape index (κ2) is 6.87. The van der Waals surface area contributed by atoms with Crippen LogP contribution in [-0.2, 0) is 12.8 Å². The molecule has 0 atom stereocenters. The first kappa shape index (κ1) is 17.1. The van der Waals surface area contributed by atoms with Gasteiger partial charge in [0.2, 0.25) is 0 Å². The number of rotatable bonds is 3. The van der Waals surface area contributed by atoms with Gasteiger partial charge in [0.1, 0.15) is 0 Å². The van der Waals surface area contributed by atoms with Gasteiger partial charge in [-0.05, 0) is 81.0 Å². The maximum atomic E-state index is 5.57. The molecule has 2 heteroatoms. The molecule has 0 fully saturated rings. The van der Waals surface area contributed by atoms with E-state index >= 15 is 0 Å². The molecule has 0 radical (unpaired) electrons. The SMILES string of the molecule is COc1ccc(C2=c3ccccc3=c3ccc4c(c3C2)CCCC=4)cc1OC. The fraction of sp³-hybridized carbons (Fsp3) is 0.231. The van der Waals surface area contributed by atoms with Gasteiger partial charge in [0.25, 0.3) is 0 Å². The van der Waals surface area contributed by atoms with Crippen molar-refractivity contribution in [1.82, 2.24) is 0 Å². The molecule has 0 saturated heterocycles. The maximum absolute atomic E-state index is 5.57. The van der Waals surface area contributed by atoms with Crippen LogP contribution in [0.4, 0.5) is 0 Å². The van der Waals surface area contributed by atoms with Crippen molar-refractivity contribution in [3.05, 3.63) is 92.2 Å². The standard InChI is InChI=1S/C26H24O2/c1-27-25-14-12-18(15-26(25)28-2)23-16-24-19-8-4-3-7-17(19)11-13-22(24)20-9-5-6-10-21(20)23/h5-7,9-15H,3-4,8,16H2,1-2H3. The molecular weight excluding hydrogens is 344 g/mol. The third kappa shape index (κ3) is 2.63. The lowest BCUT2D eigenvalue weighted by molar-refractivity contribution is 0.355. The van der Waals surface area contributed by atoms with E-state index in [0.29, 0.717) is 0 Å². The Morgan fingerprint density at radius 1 is 0.750 bits per heavy atom. The highest BCUT2D eigenvalue weighted by Gasteiger charge is 2.18. The summed E-state index contributed by atoms with van der Waals surface area (Å²) < 4.78 is 11.0. The second-order valence-corrected chi connectivity index (χ2v) is 7.53. The van der Waals surface area contributed by atoms with E-state index in [-0.39, 0.29) is 0 Å². The van der Waals surface area contributed by atoms with Crippen molar-refractivity contribution in [2.24, 2.45) is 0 Å². The Balaban J connectivity index is 1.84. The van der Waals surface area contributed by atoms with E-state index in [0.717, 1.165) is 17.9 Å². The molecule has 2 aliphatic carbocycles. The number of hydrogen-bond donors (Lipinski definition) is 0. The predicted molar refractivity (Wildman–Crippen MR) is 113 cm³/mol. The molecule has 28 heavy (non-hydrogen) atoms. The van der Waals surface area contributed by atoms with Crippen molar-refractivity contribution in [3.8, 4) is 11.5 Å². The minimum absolute atomic E-state index is 0.767. The van der Waals surface area contributed by atoms with E-state index in [9.17, 15) is 0 Å². The summed E-state index contributed by atoms with van der Waals surface area (Å²) in [5.41, 5.74) is 5.60. The van der Waals surface area contributed by atoms with Gasteiger partial charge in [-0.2, -0.15) is 0 Å². The van der Waals surface area contributed by atoms with Gasteiger partial charge in [0, 0.05) is 0 Å². The summed E-state index contributed by atoms with van der Waals surface area (Å²) in [7, 11) is 3.38. The minimum atomic E-state index is 0.767. The molecule has 0 N–H and O–H groups in total. The Hall–Kier alpha value is -3.00. The lowest BCUT2D eigenvalue weighted by Crippen LogP contribution is -2.22. The van der Waals surface area contributed by atoms with Gasteiger partial charge in [0.15, 0.2) is 11.5 Å². The Morgan fingerprint density at radius 3 is 2.39 bits per heavy atom. The molecule has 5 rings (SSSR count). The van der Waals surface area contributed by atoms with Crippen molar-refractivity contribution < 1.29 is 9.47 Å². The maximum Gasteiger partial charge on any atom is 0.161 e. The summed E-state index contributed by atoms with van der Waals surface area (Å²) >= 11 is 0. The molecule has 0 bridgehead atoms. The number of benzene rings is 3. The summed E-state index contributed by atoms with van der Waals surface area (Å²) in [6, 6.07) is 19.7. The Labute approximate surface area is 165 Å². The summed E-state index contributed by atoms with van der Waals surface area (Å²) in [5.74, 6) is 1.54. The van der Waals surface area contributed by atoms with Crippen LogP contribution in [0.15, 0.2) is 54.6 Å². The third-order valence-electron chi connectivity index (χ3n) is 6.09. The minimum Gasteiger partial charge on any atom is -0.493 e. The molecule has 3 aromatic carbocycles. The molecule has 2 nitrogen and oxygen atoms in total. The van der Waals surface area contributed by atoms with Crippen molar-refractivity contribution >= 4 is 11.6 Å². The van der Waals surface area contributed by atoms with Gasteiger partial charge < -0.3 is 9.47 Å². The first-order valence-electron chi connectivity index (χ1n) is 9.96. The van der Waals surface area contributed by atoms with Crippen molar-refractivity contribution in [1.29, 1.82) is 0 Å². The lowest BCUT2D eigenvalue weighted by atomic mass is 9.84. The highest BCUT2D eigenvalue weighted by atomic mass is 16.5. The predicted octanol–water partition coefficient (Wildman–Crippen LogP) is 3.86. The van der Waals surface area contributed by atoms with E-state index in [1.807, 2.05) is 6.07 Å². The van der Waals surface area contributed by atoms with E-state index in [4.69, 9.17) is 9.47 Å². The zero-order valence-corrected chi connectivity index (χ0v) is 16.4. The molecule has 0 spiro atoms. The van der Waals surface area contributed by atoms with Gasteiger partial charge in [-0.25, -0.2) is 0 Å². The van der Waals surface area contributed by atoms with Gasteiger partial charge in [-0.1, -0.05) is 48.5 Å².